The molecular formula is C10H8FN3O3S2. The molecule has 0 aliphatic carbocycles. The van der Waals surface area contributed by atoms with E-state index in [1.54, 1.807) is 0 Å². The molecule has 1 aromatic carbocycles. The predicted octanol–water partition coefficient (Wildman–Crippen LogP) is 1.33. The molecule has 1 aromatic heterocycles. The average molecular weight is 301 g/mol. The summed E-state index contributed by atoms with van der Waals surface area (Å²) in [6.07, 6.45) is 0.982. The van der Waals surface area contributed by atoms with Gasteiger partial charge in [0.25, 0.3) is 5.91 Å². The van der Waals surface area contributed by atoms with E-state index in [1.807, 2.05) is 0 Å². The van der Waals surface area contributed by atoms with Crippen LogP contribution in [0.25, 0.3) is 0 Å². The van der Waals surface area contributed by atoms with Crippen molar-refractivity contribution in [2.45, 2.75) is 4.34 Å². The van der Waals surface area contributed by atoms with Crippen molar-refractivity contribution in [2.24, 2.45) is 0 Å². The Balaban J connectivity index is 2.21. The Labute approximate surface area is 112 Å². The largest absolute Gasteiger partial charge is 0.296 e. The number of carbonyl (C=O) groups excluding carboxylic acids is 1. The van der Waals surface area contributed by atoms with Gasteiger partial charge in [0.05, 0.1) is 5.56 Å². The summed E-state index contributed by atoms with van der Waals surface area (Å²) in [5.41, 5.74) is -0.154. The topological polar surface area (TPSA) is 89.0 Å². The van der Waals surface area contributed by atoms with Crippen LogP contribution in [0.1, 0.15) is 10.4 Å². The normalized spacial score (nSPS) is 11.3. The molecule has 6 nitrogen and oxygen atoms in total. The Hall–Kier alpha value is -1.87. The summed E-state index contributed by atoms with van der Waals surface area (Å²) in [4.78, 5) is 11.7. The first kappa shape index (κ1) is 13.6. The molecule has 0 unspecified atom stereocenters. The maximum atomic E-state index is 13.3. The van der Waals surface area contributed by atoms with Gasteiger partial charge >= 0.3 is 0 Å². The van der Waals surface area contributed by atoms with E-state index in [2.05, 4.69) is 15.5 Å². The number of anilines is 1. The lowest BCUT2D eigenvalue weighted by atomic mass is 10.2. The van der Waals surface area contributed by atoms with Gasteiger partial charge in [-0.1, -0.05) is 23.5 Å². The summed E-state index contributed by atoms with van der Waals surface area (Å²) in [6, 6.07) is 5.43. The number of carbonyl (C=O) groups is 1. The molecule has 2 aromatic rings. The van der Waals surface area contributed by atoms with Crippen LogP contribution in [0.15, 0.2) is 28.6 Å². The molecule has 2 rings (SSSR count). The lowest BCUT2D eigenvalue weighted by Crippen LogP contribution is -2.13. The van der Waals surface area contributed by atoms with Gasteiger partial charge < -0.3 is 0 Å². The van der Waals surface area contributed by atoms with Crippen LogP contribution in [0, 0.1) is 5.82 Å². The zero-order valence-electron chi connectivity index (χ0n) is 9.62. The van der Waals surface area contributed by atoms with Gasteiger partial charge in [-0.2, -0.15) is 0 Å². The summed E-state index contributed by atoms with van der Waals surface area (Å²) in [5.74, 6) is -1.39. The van der Waals surface area contributed by atoms with Crippen LogP contribution in [0.2, 0.25) is 0 Å². The van der Waals surface area contributed by atoms with E-state index in [-0.39, 0.29) is 15.0 Å². The quantitative estimate of drug-likeness (QED) is 0.864. The van der Waals surface area contributed by atoms with Gasteiger partial charge in [0.1, 0.15) is 5.82 Å². The van der Waals surface area contributed by atoms with Crippen LogP contribution < -0.4 is 5.32 Å². The minimum atomic E-state index is -3.47. The Bertz CT molecular complexity index is 727. The van der Waals surface area contributed by atoms with E-state index in [0.29, 0.717) is 11.3 Å². The molecule has 9 heteroatoms. The van der Waals surface area contributed by atoms with E-state index in [9.17, 15) is 17.6 Å². The second-order valence-corrected chi connectivity index (χ2v) is 6.75. The van der Waals surface area contributed by atoms with Crippen molar-refractivity contribution in [3.05, 3.63) is 35.6 Å². The monoisotopic (exact) mass is 301 g/mol. The van der Waals surface area contributed by atoms with E-state index in [0.717, 1.165) is 12.3 Å². The molecule has 1 heterocycles. The molecule has 0 saturated heterocycles. The van der Waals surface area contributed by atoms with E-state index in [4.69, 9.17) is 0 Å². The zero-order valence-corrected chi connectivity index (χ0v) is 11.3. The molecule has 0 bridgehead atoms. The average Bonchev–Trinajstić information content (AvgIpc) is 2.77. The van der Waals surface area contributed by atoms with Gasteiger partial charge in [-0.25, -0.2) is 12.8 Å². The molecule has 19 heavy (non-hydrogen) atoms. The van der Waals surface area contributed by atoms with Crippen molar-refractivity contribution in [1.29, 1.82) is 0 Å². The molecule has 0 saturated carbocycles. The number of hydrogen-bond donors (Lipinski definition) is 1. The molecule has 1 N–H and O–H groups in total. The summed E-state index contributed by atoms with van der Waals surface area (Å²) in [7, 11) is -3.47. The summed E-state index contributed by atoms with van der Waals surface area (Å²) in [5, 5.41) is 9.23. The van der Waals surface area contributed by atoms with Crippen LogP contribution >= 0.6 is 11.3 Å². The van der Waals surface area contributed by atoms with Crippen LogP contribution in [0.5, 0.6) is 0 Å². The predicted molar refractivity (Wildman–Crippen MR) is 67.4 cm³/mol. The van der Waals surface area contributed by atoms with Crippen LogP contribution in [-0.2, 0) is 9.84 Å². The van der Waals surface area contributed by atoms with Crippen molar-refractivity contribution in [3.63, 3.8) is 0 Å². The number of sulfone groups is 1. The number of nitrogens with one attached hydrogen (secondary N) is 1. The molecule has 0 fully saturated rings. The molecule has 100 valence electrons. The summed E-state index contributed by atoms with van der Waals surface area (Å²) < 4.78 is 35.5. The van der Waals surface area contributed by atoms with Crippen LogP contribution in [-0.4, -0.2) is 30.8 Å². The fourth-order valence-electron chi connectivity index (χ4n) is 1.22. The van der Waals surface area contributed by atoms with Crippen molar-refractivity contribution >= 4 is 32.2 Å². The molecular weight excluding hydrogens is 293 g/mol. The summed E-state index contributed by atoms with van der Waals surface area (Å²) >= 11 is 0.704. The summed E-state index contributed by atoms with van der Waals surface area (Å²) in [6.45, 7) is 0. The maximum absolute atomic E-state index is 13.3. The third kappa shape index (κ3) is 3.12. The smallest absolute Gasteiger partial charge is 0.260 e. The van der Waals surface area contributed by atoms with Crippen molar-refractivity contribution in [1.82, 2.24) is 10.2 Å². The number of amides is 1. The zero-order chi connectivity index (χ0) is 14.0. The lowest BCUT2D eigenvalue weighted by Gasteiger charge is -2.01. The molecule has 0 atom stereocenters. The molecule has 0 spiro atoms. The highest BCUT2D eigenvalue weighted by atomic mass is 32.2. The fraction of sp³-hybridized carbons (Fsp3) is 0.100. The second kappa shape index (κ2) is 5.02. The first-order valence-corrected chi connectivity index (χ1v) is 7.68. The van der Waals surface area contributed by atoms with Crippen molar-refractivity contribution in [2.75, 3.05) is 11.6 Å². The van der Waals surface area contributed by atoms with E-state index in [1.165, 1.54) is 18.2 Å². The molecule has 0 aliphatic heterocycles. The highest BCUT2D eigenvalue weighted by Crippen LogP contribution is 2.20. The number of aromatic nitrogens is 2. The van der Waals surface area contributed by atoms with Gasteiger partial charge in [-0.3, -0.25) is 10.1 Å². The standard InChI is InChI=1S/C10H8FN3O3S2/c1-19(16,17)10-14-13-9(18-10)12-8(15)6-4-2-3-5-7(6)11/h2-5H,1H3,(H,12,13,15). The van der Waals surface area contributed by atoms with Crippen molar-refractivity contribution in [3.8, 4) is 0 Å². The minimum Gasteiger partial charge on any atom is -0.296 e. The van der Waals surface area contributed by atoms with Gasteiger partial charge in [0.2, 0.25) is 19.3 Å². The highest BCUT2D eigenvalue weighted by molar-refractivity contribution is 7.92. The van der Waals surface area contributed by atoms with Gasteiger partial charge in [-0.05, 0) is 12.1 Å². The van der Waals surface area contributed by atoms with E-state index >= 15 is 0 Å². The second-order valence-electron chi connectivity index (χ2n) is 3.58. The Morgan fingerprint density at radius 1 is 1.32 bits per heavy atom. The highest BCUT2D eigenvalue weighted by Gasteiger charge is 2.17. The fourth-order valence-corrected chi connectivity index (χ4v) is 2.72. The number of hydrogen-bond acceptors (Lipinski definition) is 6. The van der Waals surface area contributed by atoms with Gasteiger partial charge in [0, 0.05) is 6.26 Å². The van der Waals surface area contributed by atoms with Crippen LogP contribution in [0.3, 0.4) is 0 Å². The van der Waals surface area contributed by atoms with Crippen molar-refractivity contribution < 1.29 is 17.6 Å². The molecule has 0 radical (unpaired) electrons. The Morgan fingerprint density at radius 2 is 2.00 bits per heavy atom. The molecule has 0 aliphatic rings. The Kier molecular flexibility index (Phi) is 3.58. The first-order chi connectivity index (χ1) is 8.88. The van der Waals surface area contributed by atoms with Gasteiger partial charge in [-0.15, -0.1) is 10.2 Å². The van der Waals surface area contributed by atoms with Crippen LogP contribution in [0.4, 0.5) is 9.52 Å². The molecule has 1 amide bonds. The number of halogens is 1. The Morgan fingerprint density at radius 3 is 2.58 bits per heavy atom. The maximum Gasteiger partial charge on any atom is 0.260 e. The lowest BCUT2D eigenvalue weighted by molar-refractivity contribution is 0.102. The number of rotatable bonds is 3. The third-order valence-corrected chi connectivity index (χ3v) is 4.57. The van der Waals surface area contributed by atoms with Gasteiger partial charge in [0.15, 0.2) is 0 Å². The first-order valence-electron chi connectivity index (χ1n) is 4.97. The third-order valence-electron chi connectivity index (χ3n) is 2.06. The SMILES string of the molecule is CS(=O)(=O)c1nnc(NC(=O)c2ccccc2F)s1. The number of nitrogens with zero attached hydrogens (tertiary/aromatic N) is 2. The van der Waals surface area contributed by atoms with E-state index < -0.39 is 21.6 Å². The number of benzene rings is 1. The minimum absolute atomic E-state index is 0.00585.